The minimum Gasteiger partial charge on any atom is -0.462 e. The number of anilines is 2. The van der Waals surface area contributed by atoms with Gasteiger partial charge in [0.25, 0.3) is 0 Å². The van der Waals surface area contributed by atoms with E-state index in [4.69, 9.17) is 45.5 Å². The van der Waals surface area contributed by atoms with Gasteiger partial charge in [-0.25, -0.2) is 4.79 Å². The number of nitrogens with one attached hydrogen (secondary N) is 1. The number of rotatable bonds is 10. The zero-order valence-electron chi connectivity index (χ0n) is 19.3. The molecule has 0 atom stereocenters. The number of hydrogen-bond acceptors (Lipinski definition) is 5. The van der Waals surface area contributed by atoms with Crippen LogP contribution in [0.25, 0.3) is 0 Å². The second-order valence-corrected chi connectivity index (χ2v) is 8.65. The molecule has 0 aliphatic heterocycles. The molecule has 0 aliphatic carbocycles. The molecule has 0 unspecified atom stereocenters. The molecule has 1 N–H and O–H groups in total. The first kappa shape index (κ1) is 26.7. The highest BCUT2D eigenvalue weighted by atomic mass is 35.5. The third kappa shape index (κ3) is 7.55. The predicted molar refractivity (Wildman–Crippen MR) is 143 cm³/mol. The summed E-state index contributed by atoms with van der Waals surface area (Å²) in [4.78, 5) is 24.9. The zero-order chi connectivity index (χ0) is 25.9. The first-order chi connectivity index (χ1) is 17.4. The molecule has 0 bridgehead atoms. The van der Waals surface area contributed by atoms with E-state index >= 15 is 0 Å². The molecule has 0 fully saturated rings. The average Bonchev–Trinajstić information content (AvgIpc) is 2.86. The molecule has 0 saturated carbocycles. The molecule has 5 nitrogen and oxygen atoms in total. The van der Waals surface area contributed by atoms with Crippen LogP contribution in [0.3, 0.4) is 0 Å². The van der Waals surface area contributed by atoms with Crippen molar-refractivity contribution in [2.45, 2.75) is 19.3 Å². The molecular formula is C29H23Cl2NO4. The highest BCUT2D eigenvalue weighted by molar-refractivity contribution is 6.39. The van der Waals surface area contributed by atoms with E-state index < -0.39 is 11.9 Å². The number of esters is 2. The Morgan fingerprint density at radius 3 is 2.17 bits per heavy atom. The fourth-order valence-corrected chi connectivity index (χ4v) is 3.82. The molecule has 0 aromatic heterocycles. The Bertz CT molecular complexity index is 1270. The molecule has 3 rings (SSSR count). The lowest BCUT2D eigenvalue weighted by molar-refractivity contribution is -0.133. The van der Waals surface area contributed by atoms with Crippen molar-refractivity contribution >= 4 is 46.5 Å². The SMILES string of the molecule is C#CCC(CC#C)COC(=O)c1ccc(OC(=O)Cc2ccccc2Nc2c(Cl)cccc2Cl)cc1. The number of halogens is 2. The second-order valence-electron chi connectivity index (χ2n) is 7.84. The molecule has 3 aromatic carbocycles. The maximum Gasteiger partial charge on any atom is 0.338 e. The standard InChI is InChI=1S/C29H23Cl2NO4/c1-3-8-20(9-4-2)19-35-29(34)21-14-16-23(17-15-21)36-27(33)18-22-10-5-6-13-26(22)32-28-24(30)11-7-12-25(28)31/h1-2,5-7,10-17,20,32H,8-9,18-19H2. The summed E-state index contributed by atoms with van der Waals surface area (Å²) in [6, 6.07) is 18.6. The number of ether oxygens (including phenoxy) is 2. The Kier molecular flexibility index (Phi) is 9.83. The largest absolute Gasteiger partial charge is 0.462 e. The molecule has 3 aromatic rings. The minimum atomic E-state index is -0.509. The van der Waals surface area contributed by atoms with E-state index in [9.17, 15) is 9.59 Å². The van der Waals surface area contributed by atoms with Crippen molar-refractivity contribution in [2.24, 2.45) is 5.92 Å². The van der Waals surface area contributed by atoms with E-state index in [0.717, 1.165) is 0 Å². The van der Waals surface area contributed by atoms with Gasteiger partial charge in [0.05, 0.1) is 34.3 Å². The summed E-state index contributed by atoms with van der Waals surface area (Å²) < 4.78 is 10.8. The van der Waals surface area contributed by atoms with Crippen molar-refractivity contribution in [1.29, 1.82) is 0 Å². The highest BCUT2D eigenvalue weighted by Gasteiger charge is 2.15. The van der Waals surface area contributed by atoms with Crippen LogP contribution in [0.15, 0.2) is 66.7 Å². The number of hydrogen-bond donors (Lipinski definition) is 1. The molecule has 0 aliphatic rings. The van der Waals surface area contributed by atoms with Crippen LogP contribution in [-0.2, 0) is 16.0 Å². The number of terminal acetylenes is 2. The fraction of sp³-hybridized carbons (Fsp3) is 0.172. The Morgan fingerprint density at radius 1 is 0.889 bits per heavy atom. The summed E-state index contributed by atoms with van der Waals surface area (Å²) in [5.41, 5.74) is 2.25. The Hall–Kier alpha value is -3.90. The number of carbonyl (C=O) groups is 2. The van der Waals surface area contributed by atoms with Gasteiger partial charge in [0, 0.05) is 24.4 Å². The van der Waals surface area contributed by atoms with Crippen molar-refractivity contribution in [3.63, 3.8) is 0 Å². The summed E-state index contributed by atoms with van der Waals surface area (Å²) in [5, 5.41) is 4.11. The van der Waals surface area contributed by atoms with E-state index in [1.54, 1.807) is 24.3 Å². The summed E-state index contributed by atoms with van der Waals surface area (Å²) in [6.07, 6.45) is 11.5. The van der Waals surface area contributed by atoms with Crippen LogP contribution in [-0.4, -0.2) is 18.5 Å². The maximum atomic E-state index is 12.6. The molecule has 0 spiro atoms. The third-order valence-corrected chi connectivity index (χ3v) is 5.79. The molecule has 0 radical (unpaired) electrons. The monoisotopic (exact) mass is 519 g/mol. The zero-order valence-corrected chi connectivity index (χ0v) is 20.8. The lowest BCUT2D eigenvalue weighted by Crippen LogP contribution is -2.14. The predicted octanol–water partition coefficient (Wildman–Crippen LogP) is 6.70. The van der Waals surface area contributed by atoms with Crippen molar-refractivity contribution in [3.8, 4) is 30.4 Å². The smallest absolute Gasteiger partial charge is 0.338 e. The van der Waals surface area contributed by atoms with Gasteiger partial charge >= 0.3 is 11.9 Å². The van der Waals surface area contributed by atoms with Gasteiger partial charge in [-0.15, -0.1) is 24.7 Å². The van der Waals surface area contributed by atoms with Gasteiger partial charge in [0.15, 0.2) is 0 Å². The quantitative estimate of drug-likeness (QED) is 0.183. The van der Waals surface area contributed by atoms with Gasteiger partial charge in [-0.2, -0.15) is 0 Å². The topological polar surface area (TPSA) is 64.6 Å². The van der Waals surface area contributed by atoms with Crippen LogP contribution in [0.2, 0.25) is 10.0 Å². The number of carbonyl (C=O) groups excluding carboxylic acids is 2. The lowest BCUT2D eigenvalue weighted by Gasteiger charge is -2.14. The Balaban J connectivity index is 1.60. The molecule has 182 valence electrons. The first-order valence-corrected chi connectivity index (χ1v) is 11.8. The van der Waals surface area contributed by atoms with E-state index in [1.165, 1.54) is 24.3 Å². The number of para-hydroxylation sites is 2. The van der Waals surface area contributed by atoms with E-state index in [0.29, 0.717) is 51.1 Å². The van der Waals surface area contributed by atoms with Gasteiger partial charge in [-0.3, -0.25) is 4.79 Å². The summed E-state index contributed by atoms with van der Waals surface area (Å²) in [7, 11) is 0. The van der Waals surface area contributed by atoms with Crippen LogP contribution in [0.5, 0.6) is 5.75 Å². The van der Waals surface area contributed by atoms with Gasteiger partial charge in [-0.05, 0) is 48.0 Å². The maximum absolute atomic E-state index is 12.6. The highest BCUT2D eigenvalue weighted by Crippen LogP contribution is 2.33. The van der Waals surface area contributed by atoms with Gasteiger partial charge in [0.1, 0.15) is 5.75 Å². The Morgan fingerprint density at radius 2 is 1.53 bits per heavy atom. The number of benzene rings is 3. The first-order valence-electron chi connectivity index (χ1n) is 11.0. The van der Waals surface area contributed by atoms with Gasteiger partial charge < -0.3 is 14.8 Å². The van der Waals surface area contributed by atoms with Crippen LogP contribution in [0.1, 0.15) is 28.8 Å². The lowest BCUT2D eigenvalue weighted by atomic mass is 10.0. The van der Waals surface area contributed by atoms with E-state index in [1.807, 2.05) is 18.2 Å². The van der Waals surface area contributed by atoms with Crippen molar-refractivity contribution < 1.29 is 19.1 Å². The molecule has 36 heavy (non-hydrogen) atoms. The van der Waals surface area contributed by atoms with Crippen molar-refractivity contribution in [2.75, 3.05) is 11.9 Å². The summed E-state index contributed by atoms with van der Waals surface area (Å²) in [5.74, 6) is 4.28. The van der Waals surface area contributed by atoms with E-state index in [2.05, 4.69) is 17.2 Å². The van der Waals surface area contributed by atoms with Crippen LogP contribution >= 0.6 is 23.2 Å². The van der Waals surface area contributed by atoms with Crippen LogP contribution in [0.4, 0.5) is 11.4 Å². The molecule has 0 amide bonds. The van der Waals surface area contributed by atoms with Crippen molar-refractivity contribution in [3.05, 3.63) is 87.9 Å². The molecule has 7 heteroatoms. The normalized spacial score (nSPS) is 10.2. The minimum absolute atomic E-state index is 0.000777. The van der Waals surface area contributed by atoms with Gasteiger partial charge in [-0.1, -0.05) is 47.5 Å². The molecular weight excluding hydrogens is 497 g/mol. The fourth-order valence-electron chi connectivity index (χ4n) is 3.33. The molecule has 0 heterocycles. The van der Waals surface area contributed by atoms with Gasteiger partial charge in [0.2, 0.25) is 0 Å². The van der Waals surface area contributed by atoms with Crippen LogP contribution < -0.4 is 10.1 Å². The summed E-state index contributed by atoms with van der Waals surface area (Å²) >= 11 is 12.5. The van der Waals surface area contributed by atoms with Crippen molar-refractivity contribution in [1.82, 2.24) is 0 Å². The third-order valence-electron chi connectivity index (χ3n) is 5.16. The van der Waals surface area contributed by atoms with E-state index in [-0.39, 0.29) is 18.9 Å². The molecule has 0 saturated heterocycles. The summed E-state index contributed by atoms with van der Waals surface area (Å²) in [6.45, 7) is 0.136. The Labute approximate surface area is 220 Å². The average molecular weight is 520 g/mol. The second kappa shape index (κ2) is 13.3. The van der Waals surface area contributed by atoms with Crippen LogP contribution in [0, 0.1) is 30.6 Å².